The smallest absolute Gasteiger partial charge is 0.211 e. The first-order valence-electron chi connectivity index (χ1n) is 5.94. The van der Waals surface area contributed by atoms with E-state index in [-0.39, 0.29) is 6.04 Å². The van der Waals surface area contributed by atoms with Gasteiger partial charge in [-0.05, 0) is 26.3 Å². The van der Waals surface area contributed by atoms with E-state index in [9.17, 15) is 0 Å². The summed E-state index contributed by atoms with van der Waals surface area (Å²) in [5.41, 5.74) is 7.75. The molecule has 2 aromatic rings. The standard InChI is InChI=1S/C12H18N4O/c1-4-9-6-10(16(5-2)15-9)11-7-14-12(17-11)8(3)13/h6-8H,4-5,13H2,1-3H3. The minimum absolute atomic E-state index is 0.188. The van der Waals surface area contributed by atoms with Crippen molar-refractivity contribution in [1.29, 1.82) is 0 Å². The first kappa shape index (κ1) is 11.9. The summed E-state index contributed by atoms with van der Waals surface area (Å²) < 4.78 is 7.56. The van der Waals surface area contributed by atoms with Gasteiger partial charge >= 0.3 is 0 Å². The van der Waals surface area contributed by atoms with Crippen LogP contribution in [-0.2, 0) is 13.0 Å². The molecular formula is C12H18N4O. The van der Waals surface area contributed by atoms with Gasteiger partial charge in [0.25, 0.3) is 0 Å². The Balaban J connectivity index is 2.40. The van der Waals surface area contributed by atoms with Crippen LogP contribution in [0.15, 0.2) is 16.7 Å². The van der Waals surface area contributed by atoms with Gasteiger partial charge in [0, 0.05) is 6.54 Å². The van der Waals surface area contributed by atoms with Crippen molar-refractivity contribution >= 4 is 0 Å². The van der Waals surface area contributed by atoms with Gasteiger partial charge in [0.05, 0.1) is 17.9 Å². The van der Waals surface area contributed by atoms with E-state index < -0.39 is 0 Å². The van der Waals surface area contributed by atoms with Crippen molar-refractivity contribution in [1.82, 2.24) is 14.8 Å². The van der Waals surface area contributed by atoms with Crippen LogP contribution in [-0.4, -0.2) is 14.8 Å². The van der Waals surface area contributed by atoms with Crippen LogP contribution >= 0.6 is 0 Å². The summed E-state index contributed by atoms with van der Waals surface area (Å²) in [5, 5.41) is 4.48. The zero-order valence-corrected chi connectivity index (χ0v) is 10.5. The number of aromatic nitrogens is 3. The van der Waals surface area contributed by atoms with Crippen LogP contribution in [0.3, 0.4) is 0 Å². The maximum atomic E-state index is 5.73. The van der Waals surface area contributed by atoms with Gasteiger partial charge in [-0.1, -0.05) is 6.92 Å². The molecule has 0 aliphatic carbocycles. The molecule has 2 N–H and O–H groups in total. The lowest BCUT2D eigenvalue weighted by Crippen LogP contribution is -2.04. The molecule has 17 heavy (non-hydrogen) atoms. The molecular weight excluding hydrogens is 216 g/mol. The molecule has 0 aromatic carbocycles. The normalized spacial score (nSPS) is 12.9. The van der Waals surface area contributed by atoms with Crippen LogP contribution in [0.25, 0.3) is 11.5 Å². The fourth-order valence-electron chi connectivity index (χ4n) is 1.70. The molecule has 0 saturated heterocycles. The highest BCUT2D eigenvalue weighted by Gasteiger charge is 2.14. The maximum absolute atomic E-state index is 5.73. The summed E-state index contributed by atoms with van der Waals surface area (Å²) in [6.07, 6.45) is 2.62. The number of oxazole rings is 1. The molecule has 2 aromatic heterocycles. The molecule has 1 unspecified atom stereocenters. The molecule has 92 valence electrons. The second-order valence-corrected chi connectivity index (χ2v) is 4.04. The number of nitrogens with two attached hydrogens (primary N) is 1. The van der Waals surface area contributed by atoms with Crippen LogP contribution < -0.4 is 5.73 Å². The van der Waals surface area contributed by atoms with Gasteiger partial charge in [0.15, 0.2) is 5.76 Å². The summed E-state index contributed by atoms with van der Waals surface area (Å²) >= 11 is 0. The van der Waals surface area contributed by atoms with E-state index in [0.29, 0.717) is 5.89 Å². The Morgan fingerprint density at radius 3 is 2.76 bits per heavy atom. The number of hydrogen-bond donors (Lipinski definition) is 1. The average molecular weight is 234 g/mol. The third kappa shape index (κ3) is 2.24. The maximum Gasteiger partial charge on any atom is 0.211 e. The Kier molecular flexibility index (Phi) is 3.28. The van der Waals surface area contributed by atoms with E-state index in [1.165, 1.54) is 0 Å². The van der Waals surface area contributed by atoms with E-state index in [1.807, 2.05) is 17.7 Å². The highest BCUT2D eigenvalue weighted by molar-refractivity contribution is 5.52. The lowest BCUT2D eigenvalue weighted by Gasteiger charge is -2.01. The predicted octanol–water partition coefficient (Wildman–Crippen LogP) is 2.14. The van der Waals surface area contributed by atoms with Crippen molar-refractivity contribution < 1.29 is 4.42 Å². The topological polar surface area (TPSA) is 69.9 Å². The van der Waals surface area contributed by atoms with Crippen molar-refractivity contribution in [2.45, 2.75) is 39.8 Å². The summed E-state index contributed by atoms with van der Waals surface area (Å²) in [5.74, 6) is 1.29. The average Bonchev–Trinajstić information content (AvgIpc) is 2.94. The first-order valence-corrected chi connectivity index (χ1v) is 5.94. The highest BCUT2D eigenvalue weighted by atomic mass is 16.4. The molecule has 0 aliphatic heterocycles. The minimum Gasteiger partial charge on any atom is -0.437 e. The number of nitrogens with zero attached hydrogens (tertiary/aromatic N) is 3. The van der Waals surface area contributed by atoms with Gasteiger partial charge in [-0.25, -0.2) is 4.98 Å². The lowest BCUT2D eigenvalue weighted by atomic mass is 10.3. The Bertz CT molecular complexity index is 498. The second kappa shape index (κ2) is 4.71. The summed E-state index contributed by atoms with van der Waals surface area (Å²) in [4.78, 5) is 4.17. The van der Waals surface area contributed by atoms with Crippen LogP contribution in [0.5, 0.6) is 0 Å². The van der Waals surface area contributed by atoms with Crippen molar-refractivity contribution in [3.63, 3.8) is 0 Å². The van der Waals surface area contributed by atoms with Gasteiger partial charge in [0.2, 0.25) is 5.89 Å². The van der Waals surface area contributed by atoms with Crippen molar-refractivity contribution in [2.24, 2.45) is 5.73 Å². The van der Waals surface area contributed by atoms with Crippen LogP contribution in [0.4, 0.5) is 0 Å². The van der Waals surface area contributed by atoms with E-state index >= 15 is 0 Å². The Morgan fingerprint density at radius 2 is 2.24 bits per heavy atom. The van der Waals surface area contributed by atoms with Crippen LogP contribution in [0.1, 0.15) is 38.4 Å². The predicted molar refractivity (Wildman–Crippen MR) is 65.4 cm³/mol. The van der Waals surface area contributed by atoms with Gasteiger partial charge in [-0.2, -0.15) is 5.10 Å². The number of rotatable bonds is 4. The third-order valence-corrected chi connectivity index (χ3v) is 2.66. The molecule has 0 radical (unpaired) electrons. The molecule has 2 rings (SSSR count). The Morgan fingerprint density at radius 1 is 1.47 bits per heavy atom. The first-order chi connectivity index (χ1) is 8.15. The number of aryl methyl sites for hydroxylation is 2. The summed E-state index contributed by atoms with van der Waals surface area (Å²) in [6.45, 7) is 6.80. The summed E-state index contributed by atoms with van der Waals surface area (Å²) in [6, 6.07) is 1.85. The molecule has 2 heterocycles. The molecule has 0 amide bonds. The van der Waals surface area contributed by atoms with Gasteiger partial charge in [-0.15, -0.1) is 0 Å². The molecule has 0 fully saturated rings. The van der Waals surface area contributed by atoms with Crippen molar-refractivity contribution in [3.8, 4) is 11.5 Å². The molecule has 1 atom stereocenters. The largest absolute Gasteiger partial charge is 0.437 e. The van der Waals surface area contributed by atoms with Gasteiger partial charge in [-0.3, -0.25) is 4.68 Å². The number of hydrogen-bond acceptors (Lipinski definition) is 4. The molecule has 0 spiro atoms. The molecule has 0 saturated carbocycles. The molecule has 5 heteroatoms. The third-order valence-electron chi connectivity index (χ3n) is 2.66. The second-order valence-electron chi connectivity index (χ2n) is 4.04. The molecule has 0 aliphatic rings. The van der Waals surface area contributed by atoms with Crippen molar-refractivity contribution in [2.75, 3.05) is 0 Å². The quantitative estimate of drug-likeness (QED) is 0.879. The van der Waals surface area contributed by atoms with Crippen LogP contribution in [0.2, 0.25) is 0 Å². The Labute approximate surface area is 101 Å². The fraction of sp³-hybridized carbons (Fsp3) is 0.500. The van der Waals surface area contributed by atoms with E-state index in [1.54, 1.807) is 6.20 Å². The van der Waals surface area contributed by atoms with Gasteiger partial charge in [0.1, 0.15) is 5.69 Å². The molecule has 0 bridgehead atoms. The Hall–Kier alpha value is -1.62. The van der Waals surface area contributed by atoms with E-state index in [4.69, 9.17) is 10.2 Å². The van der Waals surface area contributed by atoms with E-state index in [0.717, 1.165) is 30.1 Å². The SMILES string of the molecule is CCc1cc(-c2cnc(C(C)N)o2)n(CC)n1. The zero-order valence-electron chi connectivity index (χ0n) is 10.5. The summed E-state index contributed by atoms with van der Waals surface area (Å²) in [7, 11) is 0. The monoisotopic (exact) mass is 234 g/mol. The minimum atomic E-state index is -0.188. The van der Waals surface area contributed by atoms with Crippen molar-refractivity contribution in [3.05, 3.63) is 23.8 Å². The lowest BCUT2D eigenvalue weighted by molar-refractivity contribution is 0.469. The van der Waals surface area contributed by atoms with Crippen LogP contribution in [0, 0.1) is 0 Å². The molecule has 5 nitrogen and oxygen atoms in total. The van der Waals surface area contributed by atoms with E-state index in [2.05, 4.69) is 23.9 Å². The fourth-order valence-corrected chi connectivity index (χ4v) is 1.70. The highest BCUT2D eigenvalue weighted by Crippen LogP contribution is 2.23. The van der Waals surface area contributed by atoms with Gasteiger partial charge < -0.3 is 10.2 Å². The zero-order chi connectivity index (χ0) is 12.4.